The first-order valence-corrected chi connectivity index (χ1v) is 10.1. The predicted molar refractivity (Wildman–Crippen MR) is 108 cm³/mol. The number of hydrogen-bond acceptors (Lipinski definition) is 5. The maximum atomic E-state index is 5.30. The van der Waals surface area contributed by atoms with Crippen molar-refractivity contribution in [2.75, 3.05) is 25.1 Å². The molecule has 0 bridgehead atoms. The average Bonchev–Trinajstić information content (AvgIpc) is 3.29. The number of anilines is 1. The molecule has 1 fully saturated rings. The van der Waals surface area contributed by atoms with Crippen LogP contribution in [-0.4, -0.2) is 39.8 Å². The Morgan fingerprint density at radius 2 is 1.96 bits per heavy atom. The van der Waals surface area contributed by atoms with Gasteiger partial charge in [-0.15, -0.1) is 0 Å². The molecule has 7 heteroatoms. The van der Waals surface area contributed by atoms with Gasteiger partial charge in [-0.2, -0.15) is 5.10 Å². The van der Waals surface area contributed by atoms with Crippen LogP contribution >= 0.6 is 15.9 Å². The Labute approximate surface area is 166 Å². The number of aromatic nitrogens is 4. The molecule has 6 nitrogen and oxygen atoms in total. The summed E-state index contributed by atoms with van der Waals surface area (Å²) in [7, 11) is 1.68. The molecule has 0 atom stereocenters. The van der Waals surface area contributed by atoms with Crippen molar-refractivity contribution in [1.82, 2.24) is 19.6 Å². The molecule has 0 radical (unpaired) electrons. The summed E-state index contributed by atoms with van der Waals surface area (Å²) in [4.78, 5) is 11.7. The van der Waals surface area contributed by atoms with E-state index in [2.05, 4.69) is 37.0 Å². The van der Waals surface area contributed by atoms with E-state index in [1.54, 1.807) is 7.11 Å². The van der Waals surface area contributed by atoms with Gasteiger partial charge in [0.15, 0.2) is 5.82 Å². The lowest BCUT2D eigenvalue weighted by Crippen LogP contribution is -2.41. The van der Waals surface area contributed by atoms with E-state index in [-0.39, 0.29) is 0 Å². The molecule has 0 amide bonds. The van der Waals surface area contributed by atoms with Crippen LogP contribution in [0.4, 0.5) is 5.82 Å². The number of pyridine rings is 1. The average molecular weight is 428 g/mol. The number of rotatable bonds is 2. The van der Waals surface area contributed by atoms with Crippen molar-refractivity contribution >= 4 is 27.3 Å². The monoisotopic (exact) mass is 427 g/mol. The highest BCUT2D eigenvalue weighted by molar-refractivity contribution is 9.10. The molecule has 1 aliphatic heterocycles. The number of fused-ring (bicyclic) bond motifs is 2. The van der Waals surface area contributed by atoms with Crippen molar-refractivity contribution in [2.45, 2.75) is 32.6 Å². The Kier molecular flexibility index (Phi) is 3.89. The first-order valence-electron chi connectivity index (χ1n) is 9.35. The molecule has 1 aliphatic carbocycles. The summed E-state index contributed by atoms with van der Waals surface area (Å²) in [5.74, 6) is 1.77. The molecular weight excluding hydrogens is 406 g/mol. The summed E-state index contributed by atoms with van der Waals surface area (Å²) >= 11 is 3.60. The summed E-state index contributed by atoms with van der Waals surface area (Å²) in [6.45, 7) is 4.06. The van der Waals surface area contributed by atoms with Crippen LogP contribution < -0.4 is 9.64 Å². The summed E-state index contributed by atoms with van der Waals surface area (Å²) in [6.07, 6.45) is 8.43. The minimum Gasteiger partial charge on any atom is -0.481 e. The first kappa shape index (κ1) is 17.0. The Balaban J connectivity index is 1.39. The minimum atomic E-state index is 0.355. The van der Waals surface area contributed by atoms with E-state index in [4.69, 9.17) is 9.72 Å². The highest BCUT2D eigenvalue weighted by Crippen LogP contribution is 2.45. The smallest absolute Gasteiger partial charge is 0.213 e. The zero-order valence-corrected chi connectivity index (χ0v) is 17.2. The Morgan fingerprint density at radius 3 is 2.74 bits per heavy atom. The van der Waals surface area contributed by atoms with Crippen LogP contribution in [0.5, 0.6) is 5.88 Å². The number of aryl methyl sites for hydroxylation is 1. The van der Waals surface area contributed by atoms with Gasteiger partial charge in [-0.3, -0.25) is 0 Å². The van der Waals surface area contributed by atoms with Gasteiger partial charge in [0.25, 0.3) is 0 Å². The lowest BCUT2D eigenvalue weighted by Gasteiger charge is -2.40. The van der Waals surface area contributed by atoms with Crippen LogP contribution in [0, 0.1) is 12.3 Å². The van der Waals surface area contributed by atoms with Crippen molar-refractivity contribution in [3.05, 3.63) is 46.0 Å². The molecule has 0 N–H and O–H groups in total. The van der Waals surface area contributed by atoms with Gasteiger partial charge >= 0.3 is 0 Å². The Morgan fingerprint density at radius 1 is 1.19 bits per heavy atom. The molecule has 1 saturated heterocycles. The van der Waals surface area contributed by atoms with Gasteiger partial charge in [0.1, 0.15) is 10.1 Å². The van der Waals surface area contributed by atoms with Crippen LogP contribution in [0.2, 0.25) is 0 Å². The molecule has 0 aromatic carbocycles. The Hall–Kier alpha value is -2.15. The molecule has 1 spiro atoms. The van der Waals surface area contributed by atoms with Crippen molar-refractivity contribution in [2.24, 2.45) is 5.41 Å². The Bertz CT molecular complexity index is 1020. The molecule has 5 rings (SSSR count). The summed E-state index contributed by atoms with van der Waals surface area (Å²) in [5.41, 5.74) is 5.18. The predicted octanol–water partition coefficient (Wildman–Crippen LogP) is 3.59. The fraction of sp³-hybridized carbons (Fsp3) is 0.450. The largest absolute Gasteiger partial charge is 0.481 e. The van der Waals surface area contributed by atoms with Gasteiger partial charge in [0.05, 0.1) is 19.0 Å². The second-order valence-electron chi connectivity index (χ2n) is 7.78. The maximum absolute atomic E-state index is 5.30. The molecule has 3 aromatic heterocycles. The molecule has 0 unspecified atom stereocenters. The SMILES string of the molecule is COc1cc2c(cn1)CC1(CCN(c3nc(C)c(Br)n4nccc34)CC1)C2. The summed E-state index contributed by atoms with van der Waals surface area (Å²) in [6, 6.07) is 4.16. The molecule has 0 saturated carbocycles. The second-order valence-corrected chi connectivity index (χ2v) is 8.53. The van der Waals surface area contributed by atoms with Crippen LogP contribution in [0.25, 0.3) is 5.52 Å². The lowest BCUT2D eigenvalue weighted by molar-refractivity contribution is 0.232. The first-order chi connectivity index (χ1) is 13.1. The van der Waals surface area contributed by atoms with E-state index in [1.807, 2.05) is 29.9 Å². The van der Waals surface area contributed by atoms with Crippen molar-refractivity contribution in [1.29, 1.82) is 0 Å². The van der Waals surface area contributed by atoms with Crippen molar-refractivity contribution in [3.8, 4) is 5.88 Å². The van der Waals surface area contributed by atoms with E-state index >= 15 is 0 Å². The molecule has 4 heterocycles. The molecule has 2 aliphatic rings. The quantitative estimate of drug-likeness (QED) is 0.625. The third-order valence-electron chi connectivity index (χ3n) is 6.15. The zero-order valence-electron chi connectivity index (χ0n) is 15.6. The van der Waals surface area contributed by atoms with Crippen molar-refractivity contribution < 1.29 is 4.74 Å². The molecular formula is C20H22BrN5O. The van der Waals surface area contributed by atoms with Gasteiger partial charge in [0, 0.05) is 25.4 Å². The number of halogens is 1. The van der Waals surface area contributed by atoms with Crippen LogP contribution in [0.1, 0.15) is 29.7 Å². The highest BCUT2D eigenvalue weighted by Gasteiger charge is 2.40. The summed E-state index contributed by atoms with van der Waals surface area (Å²) < 4.78 is 8.16. The normalized spacial score (nSPS) is 18.3. The fourth-order valence-electron chi connectivity index (χ4n) is 4.63. The van der Waals surface area contributed by atoms with E-state index in [0.717, 1.165) is 53.4 Å². The van der Waals surface area contributed by atoms with Gasteiger partial charge in [-0.05, 0) is 71.1 Å². The maximum Gasteiger partial charge on any atom is 0.213 e. The number of methoxy groups -OCH3 is 1. The van der Waals surface area contributed by atoms with Crippen LogP contribution in [0.15, 0.2) is 29.1 Å². The molecule has 140 valence electrons. The topological polar surface area (TPSA) is 55.5 Å². The highest BCUT2D eigenvalue weighted by atomic mass is 79.9. The van der Waals surface area contributed by atoms with Crippen LogP contribution in [-0.2, 0) is 12.8 Å². The fourth-order valence-corrected chi connectivity index (χ4v) is 5.00. The summed E-state index contributed by atoms with van der Waals surface area (Å²) in [5, 5.41) is 4.43. The van der Waals surface area contributed by atoms with Crippen LogP contribution in [0.3, 0.4) is 0 Å². The second kappa shape index (κ2) is 6.19. The van der Waals surface area contributed by atoms with Gasteiger partial charge in [-0.1, -0.05) is 0 Å². The van der Waals surface area contributed by atoms with E-state index in [1.165, 1.54) is 24.0 Å². The van der Waals surface area contributed by atoms with Gasteiger partial charge in [-0.25, -0.2) is 14.5 Å². The van der Waals surface area contributed by atoms with E-state index < -0.39 is 0 Å². The van der Waals surface area contributed by atoms with Crippen molar-refractivity contribution in [3.63, 3.8) is 0 Å². The van der Waals surface area contributed by atoms with E-state index in [9.17, 15) is 0 Å². The van der Waals surface area contributed by atoms with Gasteiger partial charge < -0.3 is 9.64 Å². The zero-order chi connectivity index (χ0) is 18.6. The minimum absolute atomic E-state index is 0.355. The lowest BCUT2D eigenvalue weighted by atomic mass is 9.76. The number of ether oxygens (including phenoxy) is 1. The third kappa shape index (κ3) is 2.71. The van der Waals surface area contributed by atoms with Gasteiger partial charge in [0.2, 0.25) is 5.88 Å². The molecule has 3 aromatic rings. The number of piperidine rings is 1. The standard InChI is InChI=1S/C20H22BrN5O/c1-13-18(21)26-16(3-6-23-26)19(24-13)25-7-4-20(5-8-25)10-14-9-17(27-2)22-12-15(14)11-20/h3,6,9,12H,4-5,7-8,10-11H2,1-2H3. The molecule has 27 heavy (non-hydrogen) atoms. The third-order valence-corrected chi connectivity index (χ3v) is 7.06. The number of hydrogen-bond donors (Lipinski definition) is 0. The van der Waals surface area contributed by atoms with E-state index in [0.29, 0.717) is 5.41 Å². The number of nitrogens with zero attached hydrogens (tertiary/aromatic N) is 5.